The number of rotatable bonds is 6. The molecule has 0 amide bonds. The van der Waals surface area contributed by atoms with Gasteiger partial charge in [0.05, 0.1) is 6.54 Å². The van der Waals surface area contributed by atoms with Gasteiger partial charge in [0.2, 0.25) is 0 Å². The molecule has 0 bridgehead atoms. The summed E-state index contributed by atoms with van der Waals surface area (Å²) in [6, 6.07) is 36.3. The summed E-state index contributed by atoms with van der Waals surface area (Å²) in [5.41, 5.74) is 6.05. The summed E-state index contributed by atoms with van der Waals surface area (Å²) in [6.07, 6.45) is 0. The fourth-order valence-corrected chi connectivity index (χ4v) is 5.41. The lowest BCUT2D eigenvalue weighted by Crippen LogP contribution is -2.08. The quantitative estimate of drug-likeness (QED) is 0.250. The Bertz CT molecular complexity index is 1530. The predicted octanol–water partition coefficient (Wildman–Crippen LogP) is 7.02. The molecule has 0 aliphatic heterocycles. The summed E-state index contributed by atoms with van der Waals surface area (Å²) in [6.45, 7) is 2.75. The highest BCUT2D eigenvalue weighted by molar-refractivity contribution is 7.98. The summed E-state index contributed by atoms with van der Waals surface area (Å²) in [4.78, 5) is 0. The maximum atomic E-state index is 4.68. The van der Waals surface area contributed by atoms with Crippen LogP contribution in [0.15, 0.2) is 108 Å². The largest absolute Gasteiger partial charge is 0.333 e. The Balaban J connectivity index is 1.43. The van der Waals surface area contributed by atoms with E-state index in [9.17, 15) is 0 Å². The number of aryl methyl sites for hydroxylation is 1. The molecule has 6 rings (SSSR count). The molecule has 0 aliphatic carbocycles. The average molecular weight is 461 g/mol. The fraction of sp³-hybridized carbons (Fsp3) is 0.103. The second-order valence-corrected chi connectivity index (χ2v) is 9.41. The van der Waals surface area contributed by atoms with Gasteiger partial charge in [-0.1, -0.05) is 96.2 Å². The van der Waals surface area contributed by atoms with Gasteiger partial charge in [-0.05, 0) is 36.8 Å². The lowest BCUT2D eigenvalue weighted by atomic mass is 10.2. The SMILES string of the molecule is Cc1ccc(CSc2nnc(Cn3c4ccccc4c4ccccc43)n2-c2ccccc2)cc1. The molecule has 0 unspecified atom stereocenters. The van der Waals surface area contributed by atoms with Gasteiger partial charge < -0.3 is 4.57 Å². The molecule has 0 saturated heterocycles. The van der Waals surface area contributed by atoms with E-state index >= 15 is 0 Å². The highest BCUT2D eigenvalue weighted by Crippen LogP contribution is 2.31. The average Bonchev–Trinajstić information content (AvgIpc) is 3.44. The molecule has 2 heterocycles. The standard InChI is InChI=1S/C29H24N4S/c1-21-15-17-22(18-16-21)20-34-29-31-30-28(33(29)23-9-3-2-4-10-23)19-32-26-13-7-5-11-24(26)25-12-6-8-14-27(25)32/h2-18H,19-20H2,1H3. The van der Waals surface area contributed by atoms with Crippen LogP contribution in [-0.4, -0.2) is 19.3 Å². The summed E-state index contributed by atoms with van der Waals surface area (Å²) in [5.74, 6) is 1.77. The van der Waals surface area contributed by atoms with E-state index in [0.717, 1.165) is 22.4 Å². The predicted molar refractivity (Wildman–Crippen MR) is 141 cm³/mol. The van der Waals surface area contributed by atoms with Crippen LogP contribution < -0.4 is 0 Å². The first-order valence-corrected chi connectivity index (χ1v) is 12.4. The number of thioether (sulfide) groups is 1. The van der Waals surface area contributed by atoms with Crippen LogP contribution in [0.5, 0.6) is 0 Å². The first-order chi connectivity index (χ1) is 16.8. The van der Waals surface area contributed by atoms with Crippen LogP contribution >= 0.6 is 11.8 Å². The van der Waals surface area contributed by atoms with Crippen molar-refractivity contribution in [2.75, 3.05) is 0 Å². The molecule has 0 saturated carbocycles. The molecule has 0 aliphatic rings. The van der Waals surface area contributed by atoms with Gasteiger partial charge in [-0.3, -0.25) is 4.57 Å². The highest BCUT2D eigenvalue weighted by Gasteiger charge is 2.18. The number of nitrogens with zero attached hydrogens (tertiary/aromatic N) is 4. The topological polar surface area (TPSA) is 35.6 Å². The maximum Gasteiger partial charge on any atom is 0.196 e. The van der Waals surface area contributed by atoms with Gasteiger partial charge in [0.15, 0.2) is 11.0 Å². The summed E-state index contributed by atoms with van der Waals surface area (Å²) in [5, 5.41) is 12.7. The Morgan fingerprint density at radius 1 is 0.676 bits per heavy atom. The summed E-state index contributed by atoms with van der Waals surface area (Å²) in [7, 11) is 0. The molecule has 2 aromatic heterocycles. The molecule has 5 heteroatoms. The van der Waals surface area contributed by atoms with Crippen LogP contribution in [0.2, 0.25) is 0 Å². The molecule has 4 aromatic carbocycles. The first-order valence-electron chi connectivity index (χ1n) is 11.4. The van der Waals surface area contributed by atoms with Gasteiger partial charge >= 0.3 is 0 Å². The molecular weight excluding hydrogens is 436 g/mol. The highest BCUT2D eigenvalue weighted by atomic mass is 32.2. The van der Waals surface area contributed by atoms with E-state index in [1.807, 2.05) is 6.07 Å². The summed E-state index contributed by atoms with van der Waals surface area (Å²) >= 11 is 1.72. The smallest absolute Gasteiger partial charge is 0.196 e. The van der Waals surface area contributed by atoms with Gasteiger partial charge in [0.25, 0.3) is 0 Å². The van der Waals surface area contributed by atoms with E-state index in [1.165, 1.54) is 32.9 Å². The van der Waals surface area contributed by atoms with Crippen molar-refractivity contribution in [3.63, 3.8) is 0 Å². The van der Waals surface area contributed by atoms with Crippen molar-refractivity contribution >= 4 is 33.6 Å². The first kappa shape index (κ1) is 20.8. The van der Waals surface area contributed by atoms with E-state index < -0.39 is 0 Å². The Morgan fingerprint density at radius 2 is 1.29 bits per heavy atom. The molecule has 0 atom stereocenters. The normalized spacial score (nSPS) is 11.4. The lowest BCUT2D eigenvalue weighted by Gasteiger charge is -2.12. The van der Waals surface area contributed by atoms with Crippen LogP contribution in [-0.2, 0) is 12.3 Å². The summed E-state index contributed by atoms with van der Waals surface area (Å²) < 4.78 is 4.55. The van der Waals surface area contributed by atoms with Crippen molar-refractivity contribution < 1.29 is 0 Å². The number of benzene rings is 4. The Morgan fingerprint density at radius 3 is 1.97 bits per heavy atom. The van der Waals surface area contributed by atoms with Crippen molar-refractivity contribution in [3.05, 3.63) is 120 Å². The van der Waals surface area contributed by atoms with Gasteiger partial charge in [0, 0.05) is 33.2 Å². The van der Waals surface area contributed by atoms with Gasteiger partial charge in [0.1, 0.15) is 0 Å². The third-order valence-corrected chi connectivity index (χ3v) is 7.18. The van der Waals surface area contributed by atoms with Crippen molar-refractivity contribution in [2.24, 2.45) is 0 Å². The molecule has 4 nitrogen and oxygen atoms in total. The van der Waals surface area contributed by atoms with Crippen molar-refractivity contribution in [3.8, 4) is 5.69 Å². The third kappa shape index (κ3) is 3.78. The van der Waals surface area contributed by atoms with Gasteiger partial charge in [-0.2, -0.15) is 0 Å². The Kier molecular flexibility index (Phi) is 5.40. The number of para-hydroxylation sites is 3. The minimum atomic E-state index is 0.640. The lowest BCUT2D eigenvalue weighted by molar-refractivity contribution is 0.754. The molecule has 6 aromatic rings. The third-order valence-electron chi connectivity index (χ3n) is 6.18. The maximum absolute atomic E-state index is 4.68. The van der Waals surface area contributed by atoms with Crippen molar-refractivity contribution in [2.45, 2.75) is 24.4 Å². The number of aromatic nitrogens is 4. The molecule has 166 valence electrons. The Labute approximate surface area is 202 Å². The molecule has 0 spiro atoms. The number of hydrogen-bond acceptors (Lipinski definition) is 3. The van der Waals surface area contributed by atoms with Crippen LogP contribution in [0.25, 0.3) is 27.5 Å². The molecular formula is C29H24N4S. The fourth-order valence-electron chi connectivity index (χ4n) is 4.48. The Hall–Kier alpha value is -3.83. The van der Waals surface area contributed by atoms with Gasteiger partial charge in [-0.15, -0.1) is 10.2 Å². The van der Waals surface area contributed by atoms with Crippen LogP contribution in [0.3, 0.4) is 0 Å². The van der Waals surface area contributed by atoms with Crippen LogP contribution in [0, 0.1) is 6.92 Å². The van der Waals surface area contributed by atoms with E-state index in [4.69, 9.17) is 0 Å². The van der Waals surface area contributed by atoms with E-state index in [1.54, 1.807) is 11.8 Å². The van der Waals surface area contributed by atoms with Crippen molar-refractivity contribution in [1.29, 1.82) is 0 Å². The van der Waals surface area contributed by atoms with Gasteiger partial charge in [-0.25, -0.2) is 0 Å². The monoisotopic (exact) mass is 460 g/mol. The molecule has 34 heavy (non-hydrogen) atoms. The number of hydrogen-bond donors (Lipinski definition) is 0. The minimum Gasteiger partial charge on any atom is -0.333 e. The van der Waals surface area contributed by atoms with Crippen LogP contribution in [0.4, 0.5) is 0 Å². The zero-order valence-corrected chi connectivity index (χ0v) is 19.7. The molecule has 0 fully saturated rings. The van der Waals surface area contributed by atoms with E-state index in [2.05, 4.69) is 123 Å². The zero-order valence-electron chi connectivity index (χ0n) is 18.9. The van der Waals surface area contributed by atoms with E-state index in [0.29, 0.717) is 6.54 Å². The minimum absolute atomic E-state index is 0.640. The number of fused-ring (bicyclic) bond motifs is 3. The van der Waals surface area contributed by atoms with Crippen LogP contribution in [0.1, 0.15) is 17.0 Å². The second-order valence-electron chi connectivity index (χ2n) is 8.46. The second kappa shape index (κ2) is 8.84. The molecule has 0 radical (unpaired) electrons. The molecule has 0 N–H and O–H groups in total. The van der Waals surface area contributed by atoms with E-state index in [-0.39, 0.29) is 0 Å². The zero-order chi connectivity index (χ0) is 22.9. The van der Waals surface area contributed by atoms with Crippen molar-refractivity contribution in [1.82, 2.24) is 19.3 Å².